The molecule has 0 spiro atoms. The number of hydrogen-bond donors (Lipinski definition) is 4. The van der Waals surface area contributed by atoms with Crippen molar-refractivity contribution in [3.05, 3.63) is 0 Å². The highest BCUT2D eigenvalue weighted by Gasteiger charge is 2.82. The molecule has 0 aromatic rings. The van der Waals surface area contributed by atoms with Crippen LogP contribution < -0.4 is 0 Å². The van der Waals surface area contributed by atoms with E-state index in [1.54, 1.807) is 0 Å². The minimum absolute atomic E-state index is 0.646. The minimum atomic E-state index is -4.13. The summed E-state index contributed by atoms with van der Waals surface area (Å²) in [6.45, 7) is -0.646. The third-order valence-electron chi connectivity index (χ3n) is 2.79. The second kappa shape index (κ2) is 2.83. The zero-order chi connectivity index (χ0) is 11.8. The van der Waals surface area contributed by atoms with Gasteiger partial charge in [-0.1, -0.05) is 0 Å². The Labute approximate surface area is 88.7 Å². The molecule has 3 saturated heterocycles. The summed E-state index contributed by atoms with van der Waals surface area (Å²) >= 11 is 0. The van der Waals surface area contributed by atoms with Crippen molar-refractivity contribution < 1.29 is 43.3 Å². The molecule has 2 unspecified atom stereocenters. The van der Waals surface area contributed by atoms with Gasteiger partial charge >= 0.3 is 7.82 Å². The fourth-order valence-corrected chi connectivity index (χ4v) is 3.63. The van der Waals surface area contributed by atoms with Gasteiger partial charge in [-0.25, -0.2) is 13.6 Å². The van der Waals surface area contributed by atoms with Crippen molar-refractivity contribution in [1.29, 1.82) is 0 Å². The molecule has 0 aromatic carbocycles. The van der Waals surface area contributed by atoms with Crippen LogP contribution in [0.4, 0.5) is 0 Å². The Bertz CT molecular complexity index is 386. The smallest absolute Gasteiger partial charge is 0.394 e. The van der Waals surface area contributed by atoms with Gasteiger partial charge < -0.3 is 25.2 Å². The lowest BCUT2D eigenvalue weighted by atomic mass is 9.92. The summed E-state index contributed by atoms with van der Waals surface area (Å²) in [4.78, 5) is 0. The molecule has 0 radical (unpaired) electrons. The molecule has 0 aromatic heterocycles. The van der Waals surface area contributed by atoms with E-state index in [4.69, 9.17) is 9.84 Å². The van der Waals surface area contributed by atoms with Crippen molar-refractivity contribution >= 4 is 7.82 Å². The predicted molar refractivity (Wildman–Crippen MR) is 42.5 cm³/mol. The lowest BCUT2D eigenvalue weighted by molar-refractivity contribution is -0.435. The summed E-state index contributed by atoms with van der Waals surface area (Å²) < 4.78 is 30.1. The Morgan fingerprint density at radius 1 is 1.25 bits per heavy atom. The quantitative estimate of drug-likeness (QED) is 0.379. The van der Waals surface area contributed by atoms with Crippen LogP contribution in [0.15, 0.2) is 0 Å². The van der Waals surface area contributed by atoms with E-state index in [9.17, 15) is 19.9 Å². The molecule has 3 fully saturated rings. The highest BCUT2D eigenvalue weighted by molar-refractivity contribution is 7.49. The molecule has 2 bridgehead atoms. The summed E-state index contributed by atoms with van der Waals surface area (Å²) in [7, 11) is -4.13. The average Bonchev–Trinajstić information content (AvgIpc) is 2.56. The standard InChI is InChI=1S/C6H9O9P/c7-1-2-3(8)5(9)6(10)4(12-2)13-16(11,14-5)15-6/h2-4,7-10H,1H2/t2-,3+,4?,5+,6-,16?/m1/s1. The summed E-state index contributed by atoms with van der Waals surface area (Å²) in [5.41, 5.74) is 0. The second-order valence-corrected chi connectivity index (χ2v) is 5.23. The molecule has 3 heterocycles. The zero-order valence-corrected chi connectivity index (χ0v) is 8.61. The van der Waals surface area contributed by atoms with Crippen molar-refractivity contribution in [1.82, 2.24) is 0 Å². The van der Waals surface area contributed by atoms with Gasteiger partial charge in [0, 0.05) is 0 Å². The van der Waals surface area contributed by atoms with Crippen LogP contribution in [-0.2, 0) is 22.9 Å². The molecule has 9 nitrogen and oxygen atoms in total. The molecular weight excluding hydrogens is 247 g/mol. The van der Waals surface area contributed by atoms with Gasteiger partial charge in [0.05, 0.1) is 6.61 Å². The molecule has 3 aliphatic rings. The van der Waals surface area contributed by atoms with Crippen molar-refractivity contribution in [2.24, 2.45) is 0 Å². The van der Waals surface area contributed by atoms with Crippen LogP contribution >= 0.6 is 7.82 Å². The monoisotopic (exact) mass is 256 g/mol. The second-order valence-electron chi connectivity index (χ2n) is 3.76. The maximum Gasteiger partial charge on any atom is 0.483 e. The molecule has 3 aliphatic heterocycles. The number of hydrogen-bond acceptors (Lipinski definition) is 9. The van der Waals surface area contributed by atoms with Crippen molar-refractivity contribution in [2.45, 2.75) is 30.1 Å². The molecule has 6 atom stereocenters. The predicted octanol–water partition coefficient (Wildman–Crippen LogP) is -2.37. The Morgan fingerprint density at radius 3 is 2.44 bits per heavy atom. The van der Waals surface area contributed by atoms with Gasteiger partial charge in [-0.3, -0.25) is 4.52 Å². The summed E-state index contributed by atoms with van der Waals surface area (Å²) in [6.07, 6.45) is -4.65. The molecule has 10 heteroatoms. The molecule has 0 amide bonds. The number of rotatable bonds is 1. The Morgan fingerprint density at radius 2 is 1.88 bits per heavy atom. The topological polar surface area (TPSA) is 135 Å². The largest absolute Gasteiger partial charge is 0.483 e. The number of phosphoric acid groups is 1. The Kier molecular flexibility index (Phi) is 1.95. The maximum atomic E-state index is 11.5. The van der Waals surface area contributed by atoms with Crippen LogP contribution in [0.1, 0.15) is 0 Å². The van der Waals surface area contributed by atoms with Crippen LogP contribution in [0.3, 0.4) is 0 Å². The fourth-order valence-electron chi connectivity index (χ4n) is 1.94. The van der Waals surface area contributed by atoms with Crippen LogP contribution in [0.5, 0.6) is 0 Å². The summed E-state index contributed by atoms with van der Waals surface area (Å²) in [5.74, 6) is -5.20. The molecular formula is C6H9O9P. The van der Waals surface area contributed by atoms with Gasteiger partial charge in [-0.15, -0.1) is 0 Å². The first-order chi connectivity index (χ1) is 7.35. The normalized spacial score (nSPS) is 63.9. The van der Waals surface area contributed by atoms with E-state index in [0.29, 0.717) is 0 Å². The summed E-state index contributed by atoms with van der Waals surface area (Å²) in [5, 5.41) is 38.3. The molecule has 92 valence electrons. The Balaban J connectivity index is 2.07. The fraction of sp³-hybridized carbons (Fsp3) is 1.00. The van der Waals surface area contributed by atoms with Crippen molar-refractivity contribution in [3.8, 4) is 0 Å². The van der Waals surface area contributed by atoms with E-state index in [1.807, 2.05) is 0 Å². The highest BCUT2D eigenvalue weighted by atomic mass is 31.2. The van der Waals surface area contributed by atoms with Gasteiger partial charge in [0.15, 0.2) is 0 Å². The van der Waals surface area contributed by atoms with Crippen LogP contribution in [0, 0.1) is 0 Å². The van der Waals surface area contributed by atoms with Crippen molar-refractivity contribution in [2.75, 3.05) is 6.61 Å². The molecule has 16 heavy (non-hydrogen) atoms. The van der Waals surface area contributed by atoms with E-state index in [-0.39, 0.29) is 0 Å². The average molecular weight is 256 g/mol. The maximum absolute atomic E-state index is 11.5. The first-order valence-corrected chi connectivity index (χ1v) is 5.90. The molecule has 0 aliphatic carbocycles. The molecule has 3 rings (SSSR count). The van der Waals surface area contributed by atoms with Crippen LogP contribution in [0.25, 0.3) is 0 Å². The molecule has 4 N–H and O–H groups in total. The third-order valence-corrected chi connectivity index (χ3v) is 4.24. The van der Waals surface area contributed by atoms with E-state index in [0.717, 1.165) is 0 Å². The number of aliphatic hydroxyl groups is 4. The third kappa shape index (κ3) is 1.01. The number of aliphatic hydroxyl groups excluding tert-OH is 2. The number of phosphoric ester groups is 1. The van der Waals surface area contributed by atoms with E-state index in [1.165, 1.54) is 0 Å². The highest BCUT2D eigenvalue weighted by Crippen LogP contribution is 2.73. The first-order valence-electron chi connectivity index (χ1n) is 4.44. The van der Waals surface area contributed by atoms with Gasteiger partial charge in [0.2, 0.25) is 6.29 Å². The lowest BCUT2D eigenvalue weighted by Gasteiger charge is -2.47. The number of ether oxygens (including phenoxy) is 1. The van der Waals surface area contributed by atoms with Crippen LogP contribution in [-0.4, -0.2) is 57.1 Å². The SMILES string of the molecule is O=P12OC3O[C@H](CO)[C@H](O)[C@](O)(O1)[C@]3(O)O2. The molecule has 0 saturated carbocycles. The van der Waals surface area contributed by atoms with Gasteiger partial charge in [-0.05, 0) is 0 Å². The van der Waals surface area contributed by atoms with Crippen LogP contribution in [0.2, 0.25) is 0 Å². The minimum Gasteiger partial charge on any atom is -0.394 e. The number of fused-ring (bicyclic) bond motifs is 1. The van der Waals surface area contributed by atoms with E-state index < -0.39 is 44.5 Å². The van der Waals surface area contributed by atoms with Gasteiger partial charge in [0.25, 0.3) is 11.6 Å². The lowest BCUT2D eigenvalue weighted by Crippen LogP contribution is -2.73. The van der Waals surface area contributed by atoms with Crippen molar-refractivity contribution in [3.63, 3.8) is 0 Å². The Hall–Kier alpha value is -0.0900. The zero-order valence-electron chi connectivity index (χ0n) is 7.72. The van der Waals surface area contributed by atoms with E-state index >= 15 is 0 Å². The first kappa shape index (κ1) is 11.0. The summed E-state index contributed by atoms with van der Waals surface area (Å²) in [6, 6.07) is 0. The van der Waals surface area contributed by atoms with E-state index in [2.05, 4.69) is 13.6 Å². The van der Waals surface area contributed by atoms with Gasteiger partial charge in [-0.2, -0.15) is 0 Å². The van der Waals surface area contributed by atoms with Gasteiger partial charge in [0.1, 0.15) is 12.2 Å².